The lowest BCUT2D eigenvalue weighted by molar-refractivity contribution is -0.140. The molecule has 88 valence electrons. The van der Waals surface area contributed by atoms with E-state index in [1.807, 2.05) is 0 Å². The molecule has 1 aromatic carbocycles. The van der Waals surface area contributed by atoms with Crippen molar-refractivity contribution in [3.05, 3.63) is 33.8 Å². The minimum absolute atomic E-state index is 0.227. The Bertz CT molecular complexity index is 540. The van der Waals surface area contributed by atoms with Crippen molar-refractivity contribution in [2.45, 2.75) is 13.0 Å². The average Bonchev–Trinajstić information content (AvgIpc) is 2.52. The van der Waals surface area contributed by atoms with E-state index in [0.29, 0.717) is 4.47 Å². The van der Waals surface area contributed by atoms with Crippen molar-refractivity contribution in [2.75, 3.05) is 0 Å². The van der Waals surface area contributed by atoms with Crippen molar-refractivity contribution in [1.29, 1.82) is 0 Å². The summed E-state index contributed by atoms with van der Waals surface area (Å²) in [5.74, 6) is -2.36. The minimum Gasteiger partial charge on any atom is -0.480 e. The number of halogens is 1. The number of aliphatic carboxylic acids is 1. The summed E-state index contributed by atoms with van der Waals surface area (Å²) in [7, 11) is 0. The van der Waals surface area contributed by atoms with Crippen LogP contribution in [0.3, 0.4) is 0 Å². The quantitative estimate of drug-likeness (QED) is 0.840. The highest BCUT2D eigenvalue weighted by molar-refractivity contribution is 9.10. The number of amides is 2. The molecule has 5 nitrogen and oxygen atoms in total. The lowest BCUT2D eigenvalue weighted by atomic mass is 10.1. The lowest BCUT2D eigenvalue weighted by Gasteiger charge is -2.18. The van der Waals surface area contributed by atoms with Gasteiger partial charge in [0.05, 0.1) is 11.1 Å². The molecule has 1 heterocycles. The summed E-state index contributed by atoms with van der Waals surface area (Å²) in [5, 5.41) is 8.87. The first-order chi connectivity index (χ1) is 7.95. The Hall–Kier alpha value is -1.69. The van der Waals surface area contributed by atoms with Crippen LogP contribution in [0.25, 0.3) is 0 Å². The lowest BCUT2D eigenvalue weighted by Crippen LogP contribution is -2.42. The van der Waals surface area contributed by atoms with E-state index in [1.165, 1.54) is 13.0 Å². The highest BCUT2D eigenvalue weighted by Crippen LogP contribution is 2.30. The number of carbonyl (C=O) groups is 3. The fourth-order valence-electron chi connectivity index (χ4n) is 1.72. The number of hydrogen-bond acceptors (Lipinski definition) is 3. The number of benzene rings is 1. The Labute approximate surface area is 105 Å². The maximum absolute atomic E-state index is 12.0. The van der Waals surface area contributed by atoms with Crippen molar-refractivity contribution in [3.8, 4) is 0 Å². The maximum Gasteiger partial charge on any atom is 0.326 e. The zero-order valence-corrected chi connectivity index (χ0v) is 10.4. The number of carboxylic acid groups (broad SMARTS) is 1. The third kappa shape index (κ3) is 1.64. The number of rotatable bonds is 2. The molecular weight excluding hydrogens is 290 g/mol. The Morgan fingerprint density at radius 3 is 2.53 bits per heavy atom. The Morgan fingerprint density at radius 1 is 1.35 bits per heavy atom. The molecule has 0 fully saturated rings. The Kier molecular flexibility index (Phi) is 2.74. The molecule has 2 rings (SSSR count). The zero-order valence-electron chi connectivity index (χ0n) is 8.81. The number of fused-ring (bicyclic) bond motifs is 1. The molecule has 0 saturated heterocycles. The second-order valence-corrected chi connectivity index (χ2v) is 4.51. The van der Waals surface area contributed by atoms with Crippen molar-refractivity contribution in [2.24, 2.45) is 0 Å². The van der Waals surface area contributed by atoms with Crippen LogP contribution in [0.2, 0.25) is 0 Å². The molecule has 6 heteroatoms. The van der Waals surface area contributed by atoms with Crippen molar-refractivity contribution >= 4 is 33.7 Å². The normalized spacial score (nSPS) is 16.0. The van der Waals surface area contributed by atoms with Crippen LogP contribution >= 0.6 is 15.9 Å². The molecular formula is C11H8BrNO4. The van der Waals surface area contributed by atoms with Crippen molar-refractivity contribution in [3.63, 3.8) is 0 Å². The average molecular weight is 298 g/mol. The van der Waals surface area contributed by atoms with Gasteiger partial charge in [0.1, 0.15) is 6.04 Å². The largest absolute Gasteiger partial charge is 0.480 e. The van der Waals surface area contributed by atoms with Gasteiger partial charge in [-0.2, -0.15) is 0 Å². The topological polar surface area (TPSA) is 74.7 Å². The molecule has 0 saturated carbocycles. The highest BCUT2D eigenvalue weighted by atomic mass is 79.9. The van der Waals surface area contributed by atoms with E-state index in [0.717, 1.165) is 4.90 Å². The predicted molar refractivity (Wildman–Crippen MR) is 61.7 cm³/mol. The molecule has 1 aliphatic rings. The van der Waals surface area contributed by atoms with E-state index in [1.54, 1.807) is 12.1 Å². The van der Waals surface area contributed by atoms with Gasteiger partial charge in [-0.15, -0.1) is 0 Å². The van der Waals surface area contributed by atoms with Gasteiger partial charge in [0.2, 0.25) is 0 Å². The number of carboxylic acids is 1. The van der Waals surface area contributed by atoms with Gasteiger partial charge in [-0.3, -0.25) is 14.5 Å². The van der Waals surface area contributed by atoms with Crippen LogP contribution in [0.4, 0.5) is 0 Å². The minimum atomic E-state index is -1.21. The van der Waals surface area contributed by atoms with Gasteiger partial charge in [0, 0.05) is 4.47 Å². The molecule has 1 unspecified atom stereocenters. The summed E-state index contributed by atoms with van der Waals surface area (Å²) in [6.45, 7) is 1.30. The first kappa shape index (κ1) is 11.8. The highest BCUT2D eigenvalue weighted by Gasteiger charge is 2.41. The van der Waals surface area contributed by atoms with Gasteiger partial charge in [-0.25, -0.2) is 4.79 Å². The number of carbonyl (C=O) groups excluding carboxylic acids is 2. The van der Waals surface area contributed by atoms with Crippen LogP contribution in [0.5, 0.6) is 0 Å². The molecule has 1 aliphatic heterocycles. The number of imide groups is 1. The van der Waals surface area contributed by atoms with Crippen molar-refractivity contribution < 1.29 is 19.5 Å². The third-order valence-corrected chi connectivity index (χ3v) is 3.30. The Morgan fingerprint density at radius 2 is 2.00 bits per heavy atom. The first-order valence-corrected chi connectivity index (χ1v) is 5.63. The molecule has 0 aromatic heterocycles. The molecule has 0 spiro atoms. The van der Waals surface area contributed by atoms with E-state index in [-0.39, 0.29) is 11.1 Å². The van der Waals surface area contributed by atoms with Gasteiger partial charge in [-0.05, 0) is 35.0 Å². The van der Waals surface area contributed by atoms with Crippen LogP contribution in [0.1, 0.15) is 27.6 Å². The van der Waals surface area contributed by atoms with Gasteiger partial charge in [-0.1, -0.05) is 6.07 Å². The van der Waals surface area contributed by atoms with Gasteiger partial charge >= 0.3 is 5.97 Å². The van der Waals surface area contributed by atoms with E-state index < -0.39 is 23.8 Å². The smallest absolute Gasteiger partial charge is 0.326 e. The van der Waals surface area contributed by atoms with Crippen LogP contribution in [0.15, 0.2) is 22.7 Å². The summed E-state index contributed by atoms with van der Waals surface area (Å²) >= 11 is 3.18. The summed E-state index contributed by atoms with van der Waals surface area (Å²) in [6.07, 6.45) is 0. The fraction of sp³-hybridized carbons (Fsp3) is 0.182. The first-order valence-electron chi connectivity index (χ1n) is 4.84. The molecule has 0 radical (unpaired) electrons. The monoisotopic (exact) mass is 297 g/mol. The second kappa shape index (κ2) is 3.96. The molecule has 2 amide bonds. The fourth-order valence-corrected chi connectivity index (χ4v) is 2.26. The molecule has 1 atom stereocenters. The SMILES string of the molecule is CC(C(=O)O)N1C(=O)c2cccc(Br)c2C1=O. The summed E-state index contributed by atoms with van der Waals surface area (Å²) < 4.78 is 0.494. The van der Waals surface area contributed by atoms with Crippen LogP contribution in [-0.2, 0) is 4.79 Å². The standard InChI is InChI=1S/C11H8BrNO4/c1-5(11(16)17)13-9(14)6-3-2-4-7(12)8(6)10(13)15/h2-5H,1H3,(H,16,17). The molecule has 1 aromatic rings. The molecule has 0 bridgehead atoms. The summed E-state index contributed by atoms with van der Waals surface area (Å²) in [6, 6.07) is 3.60. The van der Waals surface area contributed by atoms with Crippen molar-refractivity contribution in [1.82, 2.24) is 4.90 Å². The summed E-state index contributed by atoms with van der Waals surface area (Å²) in [5.41, 5.74) is 0.461. The third-order valence-electron chi connectivity index (χ3n) is 2.64. The van der Waals surface area contributed by atoms with E-state index in [2.05, 4.69) is 15.9 Å². The van der Waals surface area contributed by atoms with Gasteiger partial charge < -0.3 is 5.11 Å². The number of hydrogen-bond donors (Lipinski definition) is 1. The second-order valence-electron chi connectivity index (χ2n) is 3.66. The van der Waals surface area contributed by atoms with E-state index >= 15 is 0 Å². The van der Waals surface area contributed by atoms with Crippen LogP contribution < -0.4 is 0 Å². The Balaban J connectivity index is 2.53. The molecule has 0 aliphatic carbocycles. The van der Waals surface area contributed by atoms with E-state index in [4.69, 9.17) is 5.11 Å². The van der Waals surface area contributed by atoms with E-state index in [9.17, 15) is 14.4 Å². The summed E-state index contributed by atoms with van der Waals surface area (Å²) in [4.78, 5) is 35.5. The van der Waals surface area contributed by atoms with Crippen LogP contribution in [-0.4, -0.2) is 33.8 Å². The van der Waals surface area contributed by atoms with Crippen LogP contribution in [0, 0.1) is 0 Å². The predicted octanol–water partition coefficient (Wildman–Crippen LogP) is 1.52. The van der Waals surface area contributed by atoms with Gasteiger partial charge in [0.25, 0.3) is 11.8 Å². The number of nitrogens with zero attached hydrogens (tertiary/aromatic N) is 1. The maximum atomic E-state index is 12.0. The van der Waals surface area contributed by atoms with Gasteiger partial charge in [0.15, 0.2) is 0 Å². The zero-order chi connectivity index (χ0) is 12.7. The molecule has 17 heavy (non-hydrogen) atoms. The molecule has 1 N–H and O–H groups in total.